The molecule has 1 fully saturated rings. The van der Waals surface area contributed by atoms with Crippen molar-refractivity contribution in [3.8, 4) is 0 Å². The van der Waals surface area contributed by atoms with Crippen molar-refractivity contribution in [3.63, 3.8) is 0 Å². The van der Waals surface area contributed by atoms with Gasteiger partial charge in [0.2, 0.25) is 5.91 Å². The number of fused-ring (bicyclic) bond motifs is 1. The molecule has 1 aliphatic carbocycles. The van der Waals surface area contributed by atoms with E-state index in [0.29, 0.717) is 17.3 Å². The number of anilines is 2. The van der Waals surface area contributed by atoms with Crippen LogP contribution in [0.15, 0.2) is 18.2 Å². The Morgan fingerprint density at radius 1 is 1.11 bits per heavy atom. The Hall–Kier alpha value is -1.58. The van der Waals surface area contributed by atoms with Crippen LogP contribution in [0.4, 0.5) is 15.8 Å². The number of rotatable bonds is 1. The molecule has 1 heterocycles. The van der Waals surface area contributed by atoms with Crippen molar-refractivity contribution < 1.29 is 9.18 Å². The topological polar surface area (TPSA) is 41.1 Å². The molecule has 2 N–H and O–H groups in total. The van der Waals surface area contributed by atoms with E-state index in [1.165, 1.54) is 31.4 Å². The molecule has 1 saturated carbocycles. The van der Waals surface area contributed by atoms with Gasteiger partial charge in [-0.15, -0.1) is 0 Å². The fourth-order valence-electron chi connectivity index (χ4n) is 2.99. The molecule has 1 aromatic carbocycles. The summed E-state index contributed by atoms with van der Waals surface area (Å²) in [5.41, 5.74) is 1.37. The van der Waals surface area contributed by atoms with Crippen LogP contribution in [-0.2, 0) is 4.79 Å². The average molecular weight is 248 g/mol. The van der Waals surface area contributed by atoms with Gasteiger partial charge in [0.1, 0.15) is 11.9 Å². The summed E-state index contributed by atoms with van der Waals surface area (Å²) in [6.45, 7) is 0. The summed E-state index contributed by atoms with van der Waals surface area (Å²) in [6, 6.07) is 4.21. The number of hydrogen-bond donors (Lipinski definition) is 2. The largest absolute Gasteiger partial charge is 0.372 e. The molecule has 4 heteroatoms. The van der Waals surface area contributed by atoms with E-state index in [-0.39, 0.29) is 17.8 Å². The van der Waals surface area contributed by atoms with Gasteiger partial charge in [0.05, 0.1) is 11.4 Å². The SMILES string of the molecule is O=C1Nc2ccc(F)cc2NC1C1CCCCC1. The van der Waals surface area contributed by atoms with E-state index in [1.807, 2.05) is 0 Å². The normalized spacial score (nSPS) is 24.1. The van der Waals surface area contributed by atoms with Gasteiger partial charge >= 0.3 is 0 Å². The van der Waals surface area contributed by atoms with Crippen molar-refractivity contribution in [2.75, 3.05) is 10.6 Å². The van der Waals surface area contributed by atoms with Crippen molar-refractivity contribution >= 4 is 17.3 Å². The molecule has 3 rings (SSSR count). The van der Waals surface area contributed by atoms with Gasteiger partial charge in [-0.05, 0) is 37.0 Å². The van der Waals surface area contributed by atoms with Gasteiger partial charge in [-0.25, -0.2) is 4.39 Å². The van der Waals surface area contributed by atoms with Crippen LogP contribution in [0.5, 0.6) is 0 Å². The highest BCUT2D eigenvalue weighted by Gasteiger charge is 2.33. The number of benzene rings is 1. The minimum Gasteiger partial charge on any atom is -0.372 e. The van der Waals surface area contributed by atoms with Gasteiger partial charge in [-0.1, -0.05) is 19.3 Å². The van der Waals surface area contributed by atoms with Crippen LogP contribution in [0.2, 0.25) is 0 Å². The number of carbonyl (C=O) groups excluding carboxylic acids is 1. The second-order valence-electron chi connectivity index (χ2n) is 5.20. The van der Waals surface area contributed by atoms with Crippen LogP contribution in [0.25, 0.3) is 0 Å². The standard InChI is InChI=1S/C14H17FN2O/c15-10-6-7-11-12(8-10)16-13(14(18)17-11)9-4-2-1-3-5-9/h6-9,13,16H,1-5H2,(H,17,18). The summed E-state index contributed by atoms with van der Waals surface area (Å²) in [5, 5.41) is 6.07. The molecule has 1 aromatic rings. The maximum Gasteiger partial charge on any atom is 0.247 e. The highest BCUT2D eigenvalue weighted by molar-refractivity contribution is 6.03. The van der Waals surface area contributed by atoms with E-state index in [9.17, 15) is 9.18 Å². The molecule has 3 nitrogen and oxygen atoms in total. The maximum absolute atomic E-state index is 13.2. The van der Waals surface area contributed by atoms with E-state index < -0.39 is 0 Å². The average Bonchev–Trinajstić information content (AvgIpc) is 2.39. The fraction of sp³-hybridized carbons (Fsp3) is 0.500. The lowest BCUT2D eigenvalue weighted by molar-refractivity contribution is -0.118. The van der Waals surface area contributed by atoms with Crippen molar-refractivity contribution in [2.24, 2.45) is 5.92 Å². The van der Waals surface area contributed by atoms with Crippen molar-refractivity contribution in [3.05, 3.63) is 24.0 Å². The predicted molar refractivity (Wildman–Crippen MR) is 69.0 cm³/mol. The third-order valence-electron chi connectivity index (χ3n) is 3.95. The number of carbonyl (C=O) groups is 1. The highest BCUT2D eigenvalue weighted by Crippen LogP contribution is 2.34. The zero-order valence-electron chi connectivity index (χ0n) is 10.2. The van der Waals surface area contributed by atoms with Gasteiger partial charge in [0, 0.05) is 0 Å². The van der Waals surface area contributed by atoms with Gasteiger partial charge in [-0.3, -0.25) is 4.79 Å². The van der Waals surface area contributed by atoms with Gasteiger partial charge in [0.25, 0.3) is 0 Å². The first kappa shape index (κ1) is 11.5. The van der Waals surface area contributed by atoms with Crippen LogP contribution in [-0.4, -0.2) is 11.9 Å². The molecule has 1 aliphatic heterocycles. The molecule has 0 bridgehead atoms. The molecular formula is C14H17FN2O. The lowest BCUT2D eigenvalue weighted by atomic mass is 9.83. The van der Waals surface area contributed by atoms with Crippen molar-refractivity contribution in [1.82, 2.24) is 0 Å². The maximum atomic E-state index is 13.2. The summed E-state index contributed by atoms with van der Waals surface area (Å²) in [7, 11) is 0. The summed E-state index contributed by atoms with van der Waals surface area (Å²) < 4.78 is 13.2. The molecule has 0 spiro atoms. The molecule has 1 atom stereocenters. The first-order valence-corrected chi connectivity index (χ1v) is 6.61. The Kier molecular flexibility index (Phi) is 2.94. The van der Waals surface area contributed by atoms with E-state index in [2.05, 4.69) is 10.6 Å². The quantitative estimate of drug-likeness (QED) is 0.801. The Labute approximate surface area is 106 Å². The van der Waals surface area contributed by atoms with Crippen LogP contribution >= 0.6 is 0 Å². The number of hydrogen-bond acceptors (Lipinski definition) is 2. The smallest absolute Gasteiger partial charge is 0.247 e. The van der Waals surface area contributed by atoms with Crippen LogP contribution in [0, 0.1) is 11.7 Å². The second-order valence-corrected chi connectivity index (χ2v) is 5.20. The van der Waals surface area contributed by atoms with Crippen LogP contribution in [0.3, 0.4) is 0 Å². The Balaban J connectivity index is 1.83. The van der Waals surface area contributed by atoms with Crippen LogP contribution in [0.1, 0.15) is 32.1 Å². The molecule has 0 saturated heterocycles. The summed E-state index contributed by atoms with van der Waals surface area (Å²) in [4.78, 5) is 12.1. The van der Waals surface area contributed by atoms with Gasteiger partial charge < -0.3 is 10.6 Å². The first-order chi connectivity index (χ1) is 8.74. The second kappa shape index (κ2) is 4.59. The summed E-state index contributed by atoms with van der Waals surface area (Å²) in [5.74, 6) is 0.107. The molecule has 1 unspecified atom stereocenters. The number of halogens is 1. The lowest BCUT2D eigenvalue weighted by Crippen LogP contribution is -2.44. The molecule has 1 amide bonds. The predicted octanol–water partition coefficient (Wildman–Crippen LogP) is 3.14. The highest BCUT2D eigenvalue weighted by atomic mass is 19.1. The Morgan fingerprint density at radius 3 is 2.67 bits per heavy atom. The molecule has 18 heavy (non-hydrogen) atoms. The molecule has 0 aromatic heterocycles. The van der Waals surface area contributed by atoms with Crippen molar-refractivity contribution in [1.29, 1.82) is 0 Å². The summed E-state index contributed by atoms with van der Waals surface area (Å²) >= 11 is 0. The van der Waals surface area contributed by atoms with E-state index in [1.54, 1.807) is 6.07 Å². The Bertz CT molecular complexity index is 469. The summed E-state index contributed by atoms with van der Waals surface area (Å²) in [6.07, 6.45) is 5.79. The van der Waals surface area contributed by atoms with Crippen LogP contribution < -0.4 is 10.6 Å². The van der Waals surface area contributed by atoms with E-state index in [4.69, 9.17) is 0 Å². The molecule has 2 aliphatic rings. The monoisotopic (exact) mass is 248 g/mol. The Morgan fingerprint density at radius 2 is 1.89 bits per heavy atom. The van der Waals surface area contributed by atoms with Gasteiger partial charge in [0.15, 0.2) is 0 Å². The minimum atomic E-state index is -0.278. The zero-order valence-corrected chi connectivity index (χ0v) is 10.2. The lowest BCUT2D eigenvalue weighted by Gasteiger charge is -2.34. The molecule has 96 valence electrons. The van der Waals surface area contributed by atoms with E-state index in [0.717, 1.165) is 12.8 Å². The zero-order chi connectivity index (χ0) is 12.5. The minimum absolute atomic E-state index is 0.0148. The third kappa shape index (κ3) is 2.07. The number of amides is 1. The fourth-order valence-corrected chi connectivity index (χ4v) is 2.99. The van der Waals surface area contributed by atoms with Gasteiger partial charge in [-0.2, -0.15) is 0 Å². The van der Waals surface area contributed by atoms with E-state index >= 15 is 0 Å². The first-order valence-electron chi connectivity index (χ1n) is 6.61. The molecular weight excluding hydrogens is 231 g/mol. The molecule has 0 radical (unpaired) electrons. The number of nitrogens with one attached hydrogen (secondary N) is 2. The third-order valence-corrected chi connectivity index (χ3v) is 3.95. The van der Waals surface area contributed by atoms with Crippen molar-refractivity contribution in [2.45, 2.75) is 38.1 Å².